The van der Waals surface area contributed by atoms with E-state index >= 15 is 0 Å². The summed E-state index contributed by atoms with van der Waals surface area (Å²) in [4.78, 5) is 3.51. The van der Waals surface area contributed by atoms with Crippen molar-refractivity contribution in [1.82, 2.24) is 10.2 Å². The molecule has 5 rings (SSSR count). The van der Waals surface area contributed by atoms with Gasteiger partial charge in [-0.1, -0.05) is 28.1 Å². The Kier molecular flexibility index (Phi) is 7.35. The lowest BCUT2D eigenvalue weighted by Gasteiger charge is -2.26. The molecule has 1 saturated heterocycles. The van der Waals surface area contributed by atoms with E-state index in [1.807, 2.05) is 30.3 Å². The van der Waals surface area contributed by atoms with Crippen LogP contribution < -0.4 is 19.5 Å². The lowest BCUT2D eigenvalue weighted by molar-refractivity contribution is 0.191. The highest BCUT2D eigenvalue weighted by Gasteiger charge is 2.17. The van der Waals surface area contributed by atoms with Gasteiger partial charge in [-0.2, -0.15) is 0 Å². The van der Waals surface area contributed by atoms with E-state index in [0.29, 0.717) is 6.61 Å². The fourth-order valence-electron chi connectivity index (χ4n) is 4.02. The van der Waals surface area contributed by atoms with Gasteiger partial charge in [-0.15, -0.1) is 11.3 Å². The predicted octanol–water partition coefficient (Wildman–Crippen LogP) is 6.42. The second-order valence-electron chi connectivity index (χ2n) is 8.14. The number of halogens is 1. The van der Waals surface area contributed by atoms with Crippen LogP contribution >= 0.6 is 27.3 Å². The first kappa shape index (κ1) is 23.2. The van der Waals surface area contributed by atoms with Crippen molar-refractivity contribution in [2.45, 2.75) is 0 Å². The van der Waals surface area contributed by atoms with E-state index in [1.54, 1.807) is 18.4 Å². The summed E-state index contributed by atoms with van der Waals surface area (Å²) in [5.41, 5.74) is 1.12. The smallest absolute Gasteiger partial charge is 0.153 e. The van der Waals surface area contributed by atoms with E-state index in [0.717, 1.165) is 80.7 Å². The van der Waals surface area contributed by atoms with Crippen LogP contribution in [0.1, 0.15) is 0 Å². The van der Waals surface area contributed by atoms with Crippen LogP contribution in [0.4, 0.5) is 0 Å². The summed E-state index contributed by atoms with van der Waals surface area (Å²) in [7, 11) is 1.69. The van der Waals surface area contributed by atoms with Crippen LogP contribution in [0.3, 0.4) is 0 Å². The summed E-state index contributed by atoms with van der Waals surface area (Å²) in [6.07, 6.45) is 0. The quantitative estimate of drug-likeness (QED) is 0.280. The van der Waals surface area contributed by atoms with Gasteiger partial charge in [0.2, 0.25) is 0 Å². The molecule has 5 nitrogen and oxygen atoms in total. The maximum atomic E-state index is 6.46. The minimum absolute atomic E-state index is 0.685. The molecule has 0 atom stereocenters. The van der Waals surface area contributed by atoms with E-state index in [4.69, 9.17) is 14.2 Å². The van der Waals surface area contributed by atoms with Crippen molar-refractivity contribution in [2.75, 3.05) is 46.4 Å². The van der Waals surface area contributed by atoms with Gasteiger partial charge in [0.05, 0.1) is 12.0 Å². The Morgan fingerprint density at radius 2 is 1.62 bits per heavy atom. The molecule has 34 heavy (non-hydrogen) atoms. The molecule has 4 aromatic rings. The highest BCUT2D eigenvalue weighted by Crippen LogP contribution is 2.47. The average molecular weight is 539 g/mol. The summed E-state index contributed by atoms with van der Waals surface area (Å²) in [5, 5.41) is 4.45. The minimum atomic E-state index is 0.685. The van der Waals surface area contributed by atoms with E-state index in [-0.39, 0.29) is 0 Å². The summed E-state index contributed by atoms with van der Waals surface area (Å²) in [5.74, 6) is 3.33. The molecular weight excluding hydrogens is 512 g/mol. The van der Waals surface area contributed by atoms with Crippen LogP contribution in [0.25, 0.3) is 20.5 Å². The van der Waals surface area contributed by atoms with Crippen molar-refractivity contribution in [3.8, 4) is 33.4 Å². The Hall–Kier alpha value is -2.58. The number of hydrogen-bond acceptors (Lipinski definition) is 6. The number of piperazine rings is 1. The third-order valence-corrected chi connectivity index (χ3v) is 7.60. The summed E-state index contributed by atoms with van der Waals surface area (Å²) in [6, 6.07) is 22.3. The Morgan fingerprint density at radius 3 is 2.35 bits per heavy atom. The average Bonchev–Trinajstić information content (AvgIpc) is 3.23. The van der Waals surface area contributed by atoms with Gasteiger partial charge in [-0.25, -0.2) is 0 Å². The maximum Gasteiger partial charge on any atom is 0.153 e. The van der Waals surface area contributed by atoms with Crippen molar-refractivity contribution >= 4 is 37.4 Å². The van der Waals surface area contributed by atoms with Crippen LogP contribution in [0, 0.1) is 0 Å². The second kappa shape index (κ2) is 10.8. The standard InChI is InChI=1S/C27H27BrN2O3S/c1-31-23-10-11-24-25(18-23)34-27(19-2-4-20(28)5-3-19)26(24)33-22-8-6-21(7-9-22)32-17-16-30-14-12-29-13-15-30/h2-11,18,29H,12-17H2,1H3. The van der Waals surface area contributed by atoms with Crippen LogP contribution in [0.5, 0.6) is 23.0 Å². The Bertz CT molecular complexity index is 1240. The number of fused-ring (bicyclic) bond motifs is 1. The largest absolute Gasteiger partial charge is 0.497 e. The highest BCUT2D eigenvalue weighted by molar-refractivity contribution is 9.10. The third kappa shape index (κ3) is 5.39. The first-order valence-corrected chi connectivity index (χ1v) is 13.0. The SMILES string of the molecule is COc1ccc2c(Oc3ccc(OCCN4CCNCC4)cc3)c(-c3ccc(Br)cc3)sc2c1. The predicted molar refractivity (Wildman–Crippen MR) is 143 cm³/mol. The Morgan fingerprint density at radius 1 is 0.912 bits per heavy atom. The molecule has 0 radical (unpaired) electrons. The molecule has 0 spiro atoms. The van der Waals surface area contributed by atoms with Gasteiger partial charge in [0.25, 0.3) is 0 Å². The van der Waals surface area contributed by atoms with Gasteiger partial charge in [-0.3, -0.25) is 4.90 Å². The number of methoxy groups -OCH3 is 1. The molecule has 1 fully saturated rings. The molecule has 7 heteroatoms. The summed E-state index contributed by atoms with van der Waals surface area (Å²) >= 11 is 5.23. The first-order chi connectivity index (χ1) is 16.7. The van der Waals surface area contributed by atoms with Crippen molar-refractivity contribution in [1.29, 1.82) is 0 Å². The zero-order valence-corrected chi connectivity index (χ0v) is 21.5. The molecule has 3 aromatic carbocycles. The summed E-state index contributed by atoms with van der Waals surface area (Å²) in [6.45, 7) is 5.90. The van der Waals surface area contributed by atoms with Crippen molar-refractivity contribution in [2.24, 2.45) is 0 Å². The molecule has 0 aliphatic carbocycles. The van der Waals surface area contributed by atoms with E-state index in [2.05, 4.69) is 62.5 Å². The molecule has 1 N–H and O–H groups in total. The van der Waals surface area contributed by atoms with Crippen LogP contribution in [-0.4, -0.2) is 51.3 Å². The van der Waals surface area contributed by atoms with Gasteiger partial charge in [0, 0.05) is 47.3 Å². The number of nitrogens with zero attached hydrogens (tertiary/aromatic N) is 1. The molecule has 1 aromatic heterocycles. The summed E-state index contributed by atoms with van der Waals surface area (Å²) < 4.78 is 20.0. The van der Waals surface area contributed by atoms with Crippen LogP contribution in [-0.2, 0) is 0 Å². The van der Waals surface area contributed by atoms with Gasteiger partial charge in [0.1, 0.15) is 23.9 Å². The molecule has 176 valence electrons. The number of thiophene rings is 1. The Balaban J connectivity index is 1.35. The van der Waals surface area contributed by atoms with E-state index in [1.165, 1.54) is 0 Å². The van der Waals surface area contributed by atoms with Crippen LogP contribution in [0.2, 0.25) is 0 Å². The van der Waals surface area contributed by atoms with Gasteiger partial charge < -0.3 is 19.5 Å². The molecule has 2 heterocycles. The molecule has 1 aliphatic heterocycles. The molecule has 0 amide bonds. The number of hydrogen-bond donors (Lipinski definition) is 1. The maximum absolute atomic E-state index is 6.46. The van der Waals surface area contributed by atoms with E-state index < -0.39 is 0 Å². The van der Waals surface area contributed by atoms with Crippen molar-refractivity contribution in [3.63, 3.8) is 0 Å². The lowest BCUT2D eigenvalue weighted by Crippen LogP contribution is -2.44. The van der Waals surface area contributed by atoms with Gasteiger partial charge in [0.15, 0.2) is 5.75 Å². The molecule has 0 bridgehead atoms. The fourth-order valence-corrected chi connectivity index (χ4v) is 5.45. The topological polar surface area (TPSA) is 43.0 Å². The zero-order valence-electron chi connectivity index (χ0n) is 19.1. The van der Waals surface area contributed by atoms with Gasteiger partial charge in [-0.05, 0) is 60.2 Å². The number of benzene rings is 3. The van der Waals surface area contributed by atoms with Crippen molar-refractivity contribution in [3.05, 3.63) is 71.2 Å². The molecule has 1 aliphatic rings. The number of rotatable bonds is 8. The van der Waals surface area contributed by atoms with Crippen molar-refractivity contribution < 1.29 is 14.2 Å². The lowest BCUT2D eigenvalue weighted by atomic mass is 10.1. The minimum Gasteiger partial charge on any atom is -0.497 e. The fraction of sp³-hybridized carbons (Fsp3) is 0.259. The first-order valence-electron chi connectivity index (χ1n) is 11.4. The normalized spacial score (nSPS) is 14.3. The second-order valence-corrected chi connectivity index (χ2v) is 10.1. The monoisotopic (exact) mass is 538 g/mol. The molecule has 0 saturated carbocycles. The Labute approximate surface area is 212 Å². The number of ether oxygens (including phenoxy) is 3. The number of nitrogens with one attached hydrogen (secondary N) is 1. The molecule has 0 unspecified atom stereocenters. The molecular formula is C27H27BrN2O3S. The van der Waals surface area contributed by atoms with Crippen LogP contribution in [0.15, 0.2) is 71.2 Å². The van der Waals surface area contributed by atoms with Gasteiger partial charge >= 0.3 is 0 Å². The van der Waals surface area contributed by atoms with E-state index in [9.17, 15) is 0 Å². The third-order valence-electron chi connectivity index (χ3n) is 5.89. The highest BCUT2D eigenvalue weighted by atomic mass is 79.9. The zero-order chi connectivity index (χ0) is 23.3.